The molecule has 1 heterocycles. The van der Waals surface area contributed by atoms with Gasteiger partial charge in [0.05, 0.1) is 9.92 Å². The molecule has 0 saturated heterocycles. The molecule has 7 heteroatoms. The largest absolute Gasteiger partial charge is 0.240 e. The van der Waals surface area contributed by atoms with Crippen LogP contribution in [0.5, 0.6) is 0 Å². The van der Waals surface area contributed by atoms with E-state index in [4.69, 9.17) is 11.6 Å². The minimum absolute atomic E-state index is 0.192. The molecule has 0 fully saturated rings. The molecular weight excluding hydrogens is 370 g/mol. The van der Waals surface area contributed by atoms with Crippen LogP contribution in [0.15, 0.2) is 39.7 Å². The minimum atomic E-state index is -3.52. The van der Waals surface area contributed by atoms with Crippen LogP contribution < -0.4 is 4.72 Å². The van der Waals surface area contributed by atoms with E-state index in [-0.39, 0.29) is 4.90 Å². The Morgan fingerprint density at radius 3 is 2.63 bits per heavy atom. The predicted octanol–water partition coefficient (Wildman–Crippen LogP) is 3.95. The van der Waals surface area contributed by atoms with Crippen LogP contribution in [0.3, 0.4) is 0 Å². The van der Waals surface area contributed by atoms with Crippen LogP contribution in [0.25, 0.3) is 0 Å². The Morgan fingerprint density at radius 2 is 2.05 bits per heavy atom. The maximum Gasteiger partial charge on any atom is 0.240 e. The highest BCUT2D eigenvalue weighted by molar-refractivity contribution is 9.10. The molecule has 0 spiro atoms. The zero-order valence-corrected chi connectivity index (χ0v) is 14.0. The number of hydrogen-bond acceptors (Lipinski definition) is 3. The molecule has 1 N–H and O–H groups in total. The van der Waals surface area contributed by atoms with Gasteiger partial charge in [0, 0.05) is 20.8 Å². The molecule has 0 aliphatic heterocycles. The van der Waals surface area contributed by atoms with Crippen molar-refractivity contribution in [3.8, 4) is 0 Å². The Labute approximate surface area is 129 Å². The monoisotopic (exact) mass is 379 g/mol. The molecule has 0 atom stereocenters. The van der Waals surface area contributed by atoms with Crippen molar-refractivity contribution >= 4 is 48.9 Å². The summed E-state index contributed by atoms with van der Waals surface area (Å²) < 4.78 is 27.3. The average Bonchev–Trinajstić information content (AvgIpc) is 2.76. The van der Waals surface area contributed by atoms with E-state index in [2.05, 4.69) is 20.7 Å². The van der Waals surface area contributed by atoms with E-state index in [0.29, 0.717) is 16.0 Å². The number of nitrogens with one attached hydrogen (secondary N) is 1. The van der Waals surface area contributed by atoms with E-state index in [1.54, 1.807) is 17.4 Å². The van der Waals surface area contributed by atoms with Crippen LogP contribution in [0.1, 0.15) is 9.75 Å². The number of hydrogen-bond donors (Lipinski definition) is 1. The second kappa shape index (κ2) is 5.93. The highest BCUT2D eigenvalue weighted by Crippen LogP contribution is 2.25. The molecule has 0 unspecified atom stereocenters. The summed E-state index contributed by atoms with van der Waals surface area (Å²) >= 11 is 10.6. The number of halogens is 2. The summed E-state index contributed by atoms with van der Waals surface area (Å²) in [6.07, 6.45) is 0. The second-order valence-electron chi connectivity index (χ2n) is 3.91. The van der Waals surface area contributed by atoms with Gasteiger partial charge in [0.1, 0.15) is 0 Å². The molecule has 1 aromatic heterocycles. The van der Waals surface area contributed by atoms with Crippen LogP contribution in [-0.2, 0) is 16.6 Å². The molecule has 0 aliphatic rings. The predicted molar refractivity (Wildman–Crippen MR) is 82.2 cm³/mol. The lowest BCUT2D eigenvalue weighted by Crippen LogP contribution is -2.22. The fourth-order valence-electron chi connectivity index (χ4n) is 1.47. The topological polar surface area (TPSA) is 46.2 Å². The van der Waals surface area contributed by atoms with Gasteiger partial charge < -0.3 is 0 Å². The van der Waals surface area contributed by atoms with Gasteiger partial charge in [-0.05, 0) is 53.2 Å². The molecule has 1 aromatic carbocycles. The van der Waals surface area contributed by atoms with Crippen molar-refractivity contribution in [2.45, 2.75) is 18.4 Å². The van der Waals surface area contributed by atoms with Gasteiger partial charge in [-0.15, -0.1) is 11.3 Å². The van der Waals surface area contributed by atoms with E-state index in [1.807, 2.05) is 19.1 Å². The highest BCUT2D eigenvalue weighted by atomic mass is 79.9. The standard InChI is InChI=1S/C12H11BrClNO2S2/c1-8-2-3-9(18-8)7-15-19(16,17)10-4-5-12(14)11(13)6-10/h2-6,15H,7H2,1H3. The Kier molecular flexibility index (Phi) is 4.68. The number of sulfonamides is 1. The molecule has 2 rings (SSSR count). The molecule has 0 saturated carbocycles. The van der Waals surface area contributed by atoms with Crippen molar-refractivity contribution in [3.05, 3.63) is 49.6 Å². The smallest absolute Gasteiger partial charge is 0.207 e. The lowest BCUT2D eigenvalue weighted by atomic mass is 10.4. The molecule has 0 aliphatic carbocycles. The first-order valence-electron chi connectivity index (χ1n) is 5.38. The van der Waals surface area contributed by atoms with Gasteiger partial charge >= 0.3 is 0 Å². The van der Waals surface area contributed by atoms with Crippen LogP contribution >= 0.6 is 38.9 Å². The molecule has 0 bridgehead atoms. The Balaban J connectivity index is 2.16. The van der Waals surface area contributed by atoms with Crippen LogP contribution in [0, 0.1) is 6.92 Å². The zero-order chi connectivity index (χ0) is 14.0. The third-order valence-electron chi connectivity index (χ3n) is 2.43. The minimum Gasteiger partial charge on any atom is -0.207 e. The van der Waals surface area contributed by atoms with Crippen LogP contribution in [-0.4, -0.2) is 8.42 Å². The Hall–Kier alpha value is -0.400. The third-order valence-corrected chi connectivity index (χ3v) is 6.05. The fraction of sp³-hybridized carbons (Fsp3) is 0.167. The van der Waals surface area contributed by atoms with Gasteiger partial charge in [0.2, 0.25) is 10.0 Å². The van der Waals surface area contributed by atoms with Gasteiger partial charge in [-0.2, -0.15) is 0 Å². The van der Waals surface area contributed by atoms with E-state index in [1.165, 1.54) is 12.1 Å². The van der Waals surface area contributed by atoms with E-state index >= 15 is 0 Å². The number of rotatable bonds is 4. The maximum absolute atomic E-state index is 12.1. The van der Waals surface area contributed by atoms with Crippen LogP contribution in [0.4, 0.5) is 0 Å². The Bertz CT molecular complexity index is 698. The summed E-state index contributed by atoms with van der Waals surface area (Å²) in [5.74, 6) is 0. The maximum atomic E-state index is 12.1. The van der Waals surface area contributed by atoms with Crippen molar-refractivity contribution in [2.75, 3.05) is 0 Å². The summed E-state index contributed by atoms with van der Waals surface area (Å²) in [6.45, 7) is 2.28. The van der Waals surface area contributed by atoms with Crippen molar-refractivity contribution in [1.82, 2.24) is 4.72 Å². The first kappa shape index (κ1) is 15.0. The van der Waals surface area contributed by atoms with E-state index in [9.17, 15) is 8.42 Å². The van der Waals surface area contributed by atoms with E-state index in [0.717, 1.165) is 9.75 Å². The number of benzene rings is 1. The van der Waals surface area contributed by atoms with Crippen molar-refractivity contribution in [2.24, 2.45) is 0 Å². The first-order chi connectivity index (χ1) is 8.88. The zero-order valence-electron chi connectivity index (χ0n) is 9.98. The van der Waals surface area contributed by atoms with Gasteiger partial charge in [0.15, 0.2) is 0 Å². The third kappa shape index (κ3) is 3.79. The fourth-order valence-corrected chi connectivity index (χ4v) is 4.08. The van der Waals surface area contributed by atoms with Crippen molar-refractivity contribution in [1.29, 1.82) is 0 Å². The molecule has 19 heavy (non-hydrogen) atoms. The normalized spacial score (nSPS) is 11.7. The van der Waals surface area contributed by atoms with Gasteiger partial charge in [0.25, 0.3) is 0 Å². The lowest BCUT2D eigenvalue weighted by molar-refractivity contribution is 0.582. The molecular formula is C12H11BrClNO2S2. The van der Waals surface area contributed by atoms with Gasteiger partial charge in [-0.3, -0.25) is 0 Å². The highest BCUT2D eigenvalue weighted by Gasteiger charge is 2.15. The summed E-state index contributed by atoms with van der Waals surface area (Å²) in [5.41, 5.74) is 0. The summed E-state index contributed by atoms with van der Waals surface area (Å²) in [4.78, 5) is 2.33. The average molecular weight is 381 g/mol. The molecule has 2 aromatic rings. The molecule has 102 valence electrons. The van der Waals surface area contributed by atoms with E-state index < -0.39 is 10.0 Å². The Morgan fingerprint density at radius 1 is 1.32 bits per heavy atom. The van der Waals surface area contributed by atoms with Gasteiger partial charge in [-0.25, -0.2) is 13.1 Å². The summed E-state index contributed by atoms with van der Waals surface area (Å²) in [5, 5.41) is 0.479. The molecule has 0 radical (unpaired) electrons. The number of thiophene rings is 1. The first-order valence-corrected chi connectivity index (χ1v) is 8.85. The van der Waals surface area contributed by atoms with Crippen molar-refractivity contribution < 1.29 is 8.42 Å². The lowest BCUT2D eigenvalue weighted by Gasteiger charge is -2.06. The van der Waals surface area contributed by atoms with Gasteiger partial charge in [-0.1, -0.05) is 11.6 Å². The summed E-state index contributed by atoms with van der Waals surface area (Å²) in [7, 11) is -3.52. The van der Waals surface area contributed by atoms with Crippen LogP contribution in [0.2, 0.25) is 5.02 Å². The summed E-state index contributed by atoms with van der Waals surface area (Å²) in [6, 6.07) is 8.41. The van der Waals surface area contributed by atoms with Crippen molar-refractivity contribution in [3.63, 3.8) is 0 Å². The number of aryl methyl sites for hydroxylation is 1. The quantitative estimate of drug-likeness (QED) is 0.873. The second-order valence-corrected chi connectivity index (χ2v) is 8.31. The molecule has 0 amide bonds. The SMILES string of the molecule is Cc1ccc(CNS(=O)(=O)c2ccc(Cl)c(Br)c2)s1. The molecule has 3 nitrogen and oxygen atoms in total.